The minimum atomic E-state index is -0.117. The summed E-state index contributed by atoms with van der Waals surface area (Å²) >= 11 is 1.87. The van der Waals surface area contributed by atoms with Crippen molar-refractivity contribution < 1.29 is 0 Å². The molecule has 0 aliphatic heterocycles. The van der Waals surface area contributed by atoms with Crippen LogP contribution in [0.25, 0.3) is 64.7 Å². The highest BCUT2D eigenvalue weighted by Crippen LogP contribution is 2.53. The second kappa shape index (κ2) is 12.5. The van der Waals surface area contributed by atoms with Gasteiger partial charge in [0.2, 0.25) is 0 Å². The lowest BCUT2D eigenvalue weighted by molar-refractivity contribution is 0.660. The Labute approximate surface area is 315 Å². The lowest BCUT2D eigenvalue weighted by Crippen LogP contribution is -2.17. The van der Waals surface area contributed by atoms with E-state index in [1.165, 1.54) is 75.8 Å². The van der Waals surface area contributed by atoms with Crippen LogP contribution < -0.4 is 4.90 Å². The fourth-order valence-electron chi connectivity index (χ4n) is 8.44. The summed E-state index contributed by atoms with van der Waals surface area (Å²) in [5.74, 6) is 0. The molecule has 0 N–H and O–H groups in total. The van der Waals surface area contributed by atoms with E-state index in [0.29, 0.717) is 0 Å². The molecule has 0 saturated heterocycles. The smallest absolute Gasteiger partial charge is 0.0547 e. The van der Waals surface area contributed by atoms with Crippen molar-refractivity contribution in [3.63, 3.8) is 0 Å². The highest BCUT2D eigenvalue weighted by molar-refractivity contribution is 7.26. The Morgan fingerprint density at radius 2 is 0.962 bits per heavy atom. The Morgan fingerprint density at radius 3 is 1.68 bits per heavy atom. The van der Waals surface area contributed by atoms with Crippen LogP contribution in [0.5, 0.6) is 0 Å². The van der Waals surface area contributed by atoms with E-state index < -0.39 is 0 Å². The summed E-state index contributed by atoms with van der Waals surface area (Å²) in [7, 11) is 0. The molecule has 0 amide bonds. The van der Waals surface area contributed by atoms with Crippen LogP contribution in [-0.4, -0.2) is 0 Å². The average Bonchev–Trinajstić information content (AvgIpc) is 3.71. The molecule has 0 atom stereocenters. The first-order chi connectivity index (χ1) is 26.0. The van der Waals surface area contributed by atoms with Crippen LogP contribution in [0.3, 0.4) is 0 Å². The Morgan fingerprint density at radius 1 is 0.415 bits per heavy atom. The third-order valence-corrected chi connectivity index (χ3v) is 12.2. The summed E-state index contributed by atoms with van der Waals surface area (Å²) in [4.78, 5) is 2.49. The van der Waals surface area contributed by atoms with Gasteiger partial charge in [-0.1, -0.05) is 159 Å². The van der Waals surface area contributed by atoms with Crippen molar-refractivity contribution in [3.05, 3.63) is 199 Å². The second-order valence-corrected chi connectivity index (χ2v) is 15.6. The molecule has 1 heterocycles. The largest absolute Gasteiger partial charge is 0.310 e. The average molecular weight is 696 g/mol. The molecule has 2 heteroatoms. The Balaban J connectivity index is 1.22. The second-order valence-electron chi connectivity index (χ2n) is 14.5. The maximum Gasteiger partial charge on any atom is 0.0547 e. The van der Waals surface area contributed by atoms with Crippen molar-refractivity contribution in [3.8, 4) is 44.5 Å². The van der Waals surface area contributed by atoms with Gasteiger partial charge >= 0.3 is 0 Å². The van der Waals surface area contributed by atoms with Crippen LogP contribution in [0.2, 0.25) is 0 Å². The van der Waals surface area contributed by atoms with Crippen molar-refractivity contribution in [1.29, 1.82) is 0 Å². The molecule has 8 aromatic carbocycles. The first-order valence-electron chi connectivity index (χ1n) is 18.3. The number of hydrogen-bond acceptors (Lipinski definition) is 2. The van der Waals surface area contributed by atoms with E-state index in [1.807, 2.05) is 11.3 Å². The van der Waals surface area contributed by atoms with Gasteiger partial charge in [-0.05, 0) is 92.5 Å². The van der Waals surface area contributed by atoms with E-state index in [2.05, 4.69) is 207 Å². The van der Waals surface area contributed by atoms with Crippen molar-refractivity contribution in [1.82, 2.24) is 0 Å². The molecule has 1 aliphatic rings. The van der Waals surface area contributed by atoms with Crippen LogP contribution in [0.15, 0.2) is 188 Å². The SMILES string of the molecule is CC1(C)c2ccccc2-c2ccc(N(c3ccc(-c4ccccc4)cc3)c3ccc4sc5ccccc5c4c3-c3ccc(-c4ccccc4)cc3)cc21. The molecule has 252 valence electrons. The molecular formula is C51H37NS. The van der Waals surface area contributed by atoms with E-state index in [4.69, 9.17) is 0 Å². The van der Waals surface area contributed by atoms with E-state index in [1.54, 1.807) is 0 Å². The molecule has 1 aromatic heterocycles. The van der Waals surface area contributed by atoms with Crippen LogP contribution >= 0.6 is 11.3 Å². The minimum absolute atomic E-state index is 0.117. The number of nitrogens with zero attached hydrogens (tertiary/aromatic N) is 1. The lowest BCUT2D eigenvalue weighted by atomic mass is 9.82. The molecule has 10 rings (SSSR count). The normalized spacial score (nSPS) is 12.9. The van der Waals surface area contributed by atoms with E-state index >= 15 is 0 Å². The number of thiophene rings is 1. The van der Waals surface area contributed by atoms with Gasteiger partial charge in [-0.15, -0.1) is 11.3 Å². The van der Waals surface area contributed by atoms with Gasteiger partial charge in [-0.3, -0.25) is 0 Å². The molecular weight excluding hydrogens is 659 g/mol. The van der Waals surface area contributed by atoms with Crippen molar-refractivity contribution in [2.45, 2.75) is 19.3 Å². The fraction of sp³-hybridized carbons (Fsp3) is 0.0588. The van der Waals surface area contributed by atoms with Crippen molar-refractivity contribution in [2.75, 3.05) is 4.90 Å². The third-order valence-electron chi connectivity index (χ3n) is 11.1. The molecule has 0 saturated carbocycles. The number of rotatable bonds is 6. The molecule has 0 bridgehead atoms. The number of fused-ring (bicyclic) bond motifs is 6. The van der Waals surface area contributed by atoms with Crippen LogP contribution in [0.4, 0.5) is 17.1 Å². The molecule has 0 spiro atoms. The Hall–Kier alpha value is -6.22. The topological polar surface area (TPSA) is 3.24 Å². The van der Waals surface area contributed by atoms with E-state index in [-0.39, 0.29) is 5.41 Å². The lowest BCUT2D eigenvalue weighted by Gasteiger charge is -2.30. The summed E-state index contributed by atoms with van der Waals surface area (Å²) in [5, 5.41) is 2.59. The van der Waals surface area contributed by atoms with Crippen molar-refractivity contribution >= 4 is 48.6 Å². The van der Waals surface area contributed by atoms with Gasteiger partial charge in [-0.2, -0.15) is 0 Å². The number of hydrogen-bond donors (Lipinski definition) is 0. The monoisotopic (exact) mass is 695 g/mol. The summed E-state index contributed by atoms with van der Waals surface area (Å²) < 4.78 is 2.60. The van der Waals surface area contributed by atoms with Gasteiger partial charge in [0.1, 0.15) is 0 Å². The highest BCUT2D eigenvalue weighted by Gasteiger charge is 2.36. The first-order valence-corrected chi connectivity index (χ1v) is 19.2. The minimum Gasteiger partial charge on any atom is -0.310 e. The van der Waals surface area contributed by atoms with E-state index in [9.17, 15) is 0 Å². The predicted molar refractivity (Wildman–Crippen MR) is 228 cm³/mol. The summed E-state index contributed by atoms with van der Waals surface area (Å²) in [5.41, 5.74) is 16.0. The van der Waals surface area contributed by atoms with E-state index in [0.717, 1.165) is 17.1 Å². The molecule has 53 heavy (non-hydrogen) atoms. The van der Waals surface area contributed by atoms with Gasteiger partial charge in [0.25, 0.3) is 0 Å². The standard InChI is InChI=1S/C51H37NS/c1-51(2)44-19-11-9-17-41(44)42-30-29-40(33-45(42)51)52(39-27-25-37(26-28-39)35-15-7-4-8-16-35)46-31-32-48-50(43-18-10-12-20-47(43)53-48)49(46)38-23-21-36(22-24-38)34-13-5-3-6-14-34/h3-33H,1-2H3. The first kappa shape index (κ1) is 31.5. The van der Waals surface area contributed by atoms with Gasteiger partial charge in [-0.25, -0.2) is 0 Å². The number of benzene rings is 8. The zero-order valence-electron chi connectivity index (χ0n) is 29.8. The molecule has 9 aromatic rings. The molecule has 1 nitrogen and oxygen atoms in total. The summed E-state index contributed by atoms with van der Waals surface area (Å²) in [6, 6.07) is 69.1. The molecule has 1 aliphatic carbocycles. The van der Waals surface area contributed by atoms with Crippen LogP contribution in [0.1, 0.15) is 25.0 Å². The Bertz CT molecular complexity index is 2780. The quantitative estimate of drug-likeness (QED) is 0.167. The van der Waals surface area contributed by atoms with Crippen molar-refractivity contribution in [2.24, 2.45) is 0 Å². The molecule has 0 radical (unpaired) electrons. The van der Waals surface area contributed by atoms with Gasteiger partial charge in [0.15, 0.2) is 0 Å². The highest BCUT2D eigenvalue weighted by atomic mass is 32.1. The fourth-order valence-corrected chi connectivity index (χ4v) is 9.55. The van der Waals surface area contributed by atoms with Crippen LogP contribution in [0, 0.1) is 0 Å². The maximum atomic E-state index is 2.49. The summed E-state index contributed by atoms with van der Waals surface area (Å²) in [6.07, 6.45) is 0. The zero-order chi connectivity index (χ0) is 35.5. The van der Waals surface area contributed by atoms with Gasteiger partial charge in [0.05, 0.1) is 5.69 Å². The number of anilines is 3. The Kier molecular flexibility index (Phi) is 7.42. The van der Waals surface area contributed by atoms with Gasteiger partial charge in [0, 0.05) is 42.5 Å². The third kappa shape index (κ3) is 5.21. The summed E-state index contributed by atoms with van der Waals surface area (Å²) in [6.45, 7) is 4.73. The zero-order valence-corrected chi connectivity index (χ0v) is 30.6. The van der Waals surface area contributed by atoms with Crippen LogP contribution in [-0.2, 0) is 5.41 Å². The predicted octanol–water partition coefficient (Wildman–Crippen LogP) is 14.8. The molecule has 0 fully saturated rings. The van der Waals surface area contributed by atoms with Gasteiger partial charge < -0.3 is 4.90 Å². The molecule has 0 unspecified atom stereocenters. The maximum absolute atomic E-state index is 2.49.